The van der Waals surface area contributed by atoms with Gasteiger partial charge in [-0.3, -0.25) is 0 Å². The smallest absolute Gasteiger partial charge is 0.182 e. The van der Waals surface area contributed by atoms with E-state index in [4.69, 9.17) is 18.6 Å². The van der Waals surface area contributed by atoms with Crippen molar-refractivity contribution in [1.29, 1.82) is 0 Å². The lowest BCUT2D eigenvalue weighted by atomic mass is 9.99. The molecule has 3 aromatic rings. The molecule has 7 heteroatoms. The van der Waals surface area contributed by atoms with Crippen molar-refractivity contribution in [3.8, 4) is 39.8 Å². The van der Waals surface area contributed by atoms with E-state index in [9.17, 15) is 10.2 Å². The Balaban J connectivity index is 2.10. The van der Waals surface area contributed by atoms with Crippen molar-refractivity contribution in [3.05, 3.63) is 60.5 Å². The Morgan fingerprint density at radius 3 is 2.41 bits per heavy atom. The predicted octanol–water partition coefficient (Wildman–Crippen LogP) is 3.58. The quantitative estimate of drug-likeness (QED) is 0.533. The van der Waals surface area contributed by atoms with Crippen LogP contribution in [0, 0.1) is 0 Å². The molecular weight excluding hydrogens is 374 g/mol. The van der Waals surface area contributed by atoms with Crippen LogP contribution in [0.4, 0.5) is 0 Å². The molecule has 0 aliphatic rings. The molecule has 0 spiro atoms. The van der Waals surface area contributed by atoms with Crippen molar-refractivity contribution in [2.45, 2.75) is 13.2 Å². The highest BCUT2D eigenvalue weighted by Crippen LogP contribution is 2.38. The van der Waals surface area contributed by atoms with E-state index in [0.29, 0.717) is 52.0 Å². The van der Waals surface area contributed by atoms with E-state index in [1.54, 1.807) is 37.5 Å². The lowest BCUT2D eigenvalue weighted by molar-refractivity contribution is 0.254. The summed E-state index contributed by atoms with van der Waals surface area (Å²) in [5.74, 6) is 2.14. The van der Waals surface area contributed by atoms with Gasteiger partial charge in [-0.05, 0) is 35.9 Å². The van der Waals surface area contributed by atoms with Crippen molar-refractivity contribution in [1.82, 2.24) is 4.98 Å². The van der Waals surface area contributed by atoms with Gasteiger partial charge in [0.1, 0.15) is 18.1 Å². The number of hydrogen-bond acceptors (Lipinski definition) is 7. The number of ether oxygens (including phenoxy) is 3. The first-order valence-electron chi connectivity index (χ1n) is 8.94. The van der Waals surface area contributed by atoms with Gasteiger partial charge in [-0.2, -0.15) is 0 Å². The summed E-state index contributed by atoms with van der Waals surface area (Å²) in [6.07, 6.45) is 3.00. The molecule has 1 aromatic heterocycles. The van der Waals surface area contributed by atoms with Crippen LogP contribution in [0.15, 0.2) is 53.8 Å². The lowest BCUT2D eigenvalue weighted by Gasteiger charge is -2.14. The molecule has 0 saturated heterocycles. The lowest BCUT2D eigenvalue weighted by Crippen LogP contribution is -2.00. The van der Waals surface area contributed by atoms with Crippen LogP contribution in [0.5, 0.6) is 17.2 Å². The van der Waals surface area contributed by atoms with E-state index in [1.165, 1.54) is 13.5 Å². The van der Waals surface area contributed by atoms with Gasteiger partial charge < -0.3 is 28.8 Å². The van der Waals surface area contributed by atoms with Crippen LogP contribution in [0.2, 0.25) is 0 Å². The Hall–Kier alpha value is -3.29. The monoisotopic (exact) mass is 397 g/mol. The molecular formula is C22H23NO6. The number of aromatic nitrogens is 1. The minimum Gasteiger partial charge on any atom is -0.496 e. The second-order valence-electron chi connectivity index (χ2n) is 6.13. The van der Waals surface area contributed by atoms with E-state index in [1.807, 2.05) is 6.07 Å². The average Bonchev–Trinajstić information content (AvgIpc) is 3.26. The number of benzene rings is 2. The minimum atomic E-state index is -0.243. The molecule has 1 heterocycles. The summed E-state index contributed by atoms with van der Waals surface area (Å²) in [5, 5.41) is 19.3. The SMILES string of the molecule is C=CCOc1cc(-c2ocnc2-c2cc(CO)c(CO)c(OC)c2)ccc1OC. The highest BCUT2D eigenvalue weighted by atomic mass is 16.5. The average molecular weight is 397 g/mol. The van der Waals surface area contributed by atoms with Gasteiger partial charge in [0.05, 0.1) is 27.4 Å². The zero-order valence-corrected chi connectivity index (χ0v) is 16.3. The number of aliphatic hydroxyl groups is 2. The Labute approximate surface area is 168 Å². The molecule has 29 heavy (non-hydrogen) atoms. The largest absolute Gasteiger partial charge is 0.496 e. The molecule has 0 saturated carbocycles. The number of oxazole rings is 1. The highest BCUT2D eigenvalue weighted by molar-refractivity contribution is 5.79. The maximum absolute atomic E-state index is 9.71. The molecule has 0 atom stereocenters. The van der Waals surface area contributed by atoms with Gasteiger partial charge in [-0.25, -0.2) is 4.98 Å². The molecule has 0 aliphatic carbocycles. The Bertz CT molecular complexity index is 970. The molecule has 2 N–H and O–H groups in total. The Morgan fingerprint density at radius 1 is 1.00 bits per heavy atom. The first kappa shape index (κ1) is 20.4. The third-order valence-electron chi connectivity index (χ3n) is 4.47. The van der Waals surface area contributed by atoms with Gasteiger partial charge in [-0.15, -0.1) is 0 Å². The normalized spacial score (nSPS) is 10.6. The third-order valence-corrected chi connectivity index (χ3v) is 4.47. The summed E-state index contributed by atoms with van der Waals surface area (Å²) in [4.78, 5) is 4.35. The molecule has 0 radical (unpaired) electrons. The maximum atomic E-state index is 9.71. The highest BCUT2D eigenvalue weighted by Gasteiger charge is 2.19. The van der Waals surface area contributed by atoms with E-state index in [2.05, 4.69) is 11.6 Å². The molecule has 0 amide bonds. The van der Waals surface area contributed by atoms with Gasteiger partial charge in [0.2, 0.25) is 0 Å². The van der Waals surface area contributed by atoms with Crippen molar-refractivity contribution >= 4 is 0 Å². The summed E-state index contributed by atoms with van der Waals surface area (Å²) < 4.78 is 22.1. The van der Waals surface area contributed by atoms with E-state index in [0.717, 1.165) is 5.56 Å². The molecule has 0 aliphatic heterocycles. The molecule has 0 bridgehead atoms. The van der Waals surface area contributed by atoms with E-state index >= 15 is 0 Å². The number of methoxy groups -OCH3 is 2. The number of rotatable bonds is 9. The zero-order chi connectivity index (χ0) is 20.8. The zero-order valence-electron chi connectivity index (χ0n) is 16.3. The number of hydrogen-bond donors (Lipinski definition) is 2. The topological polar surface area (TPSA) is 94.2 Å². The summed E-state index contributed by atoms with van der Waals surface area (Å²) in [7, 11) is 3.08. The standard InChI is InChI=1S/C22H23NO6/c1-4-7-28-20-9-14(5-6-18(20)26-2)22-21(23-13-29-22)15-8-16(11-24)17(12-25)19(10-15)27-3/h4-6,8-10,13,24-25H,1,7,11-12H2,2-3H3. The van der Waals surface area contributed by atoms with E-state index < -0.39 is 0 Å². The van der Waals surface area contributed by atoms with Crippen molar-refractivity contribution in [2.24, 2.45) is 0 Å². The van der Waals surface area contributed by atoms with Crippen LogP contribution in [0.1, 0.15) is 11.1 Å². The van der Waals surface area contributed by atoms with Gasteiger partial charge >= 0.3 is 0 Å². The van der Waals surface area contributed by atoms with Crippen LogP contribution < -0.4 is 14.2 Å². The van der Waals surface area contributed by atoms with Crippen molar-refractivity contribution in [2.75, 3.05) is 20.8 Å². The first-order valence-corrected chi connectivity index (χ1v) is 8.94. The molecule has 2 aromatic carbocycles. The van der Waals surface area contributed by atoms with E-state index in [-0.39, 0.29) is 13.2 Å². The van der Waals surface area contributed by atoms with Gasteiger partial charge in [0.25, 0.3) is 0 Å². The molecule has 152 valence electrons. The number of aliphatic hydroxyl groups excluding tert-OH is 2. The fourth-order valence-electron chi connectivity index (χ4n) is 3.08. The first-order chi connectivity index (χ1) is 14.2. The van der Waals surface area contributed by atoms with Crippen molar-refractivity contribution in [3.63, 3.8) is 0 Å². The fourth-order valence-corrected chi connectivity index (χ4v) is 3.08. The van der Waals surface area contributed by atoms with Crippen molar-refractivity contribution < 1.29 is 28.8 Å². The van der Waals surface area contributed by atoms with Crippen LogP contribution in [-0.4, -0.2) is 36.0 Å². The van der Waals surface area contributed by atoms with Crippen LogP contribution in [0.25, 0.3) is 22.6 Å². The fraction of sp³-hybridized carbons (Fsp3) is 0.227. The van der Waals surface area contributed by atoms with Gasteiger partial charge in [0, 0.05) is 16.7 Å². The van der Waals surface area contributed by atoms with Crippen LogP contribution in [-0.2, 0) is 13.2 Å². The summed E-state index contributed by atoms with van der Waals surface area (Å²) in [6, 6.07) is 8.95. The Morgan fingerprint density at radius 2 is 1.76 bits per heavy atom. The summed E-state index contributed by atoms with van der Waals surface area (Å²) >= 11 is 0. The maximum Gasteiger partial charge on any atom is 0.182 e. The molecule has 7 nitrogen and oxygen atoms in total. The summed E-state index contributed by atoms with van der Waals surface area (Å²) in [5.41, 5.74) is 3.10. The van der Waals surface area contributed by atoms with Crippen LogP contribution >= 0.6 is 0 Å². The van der Waals surface area contributed by atoms with Crippen LogP contribution in [0.3, 0.4) is 0 Å². The number of nitrogens with zero attached hydrogens (tertiary/aromatic N) is 1. The second kappa shape index (κ2) is 9.27. The predicted molar refractivity (Wildman–Crippen MR) is 108 cm³/mol. The third kappa shape index (κ3) is 4.11. The molecule has 0 unspecified atom stereocenters. The minimum absolute atomic E-state index is 0.241. The molecule has 0 fully saturated rings. The van der Waals surface area contributed by atoms with Gasteiger partial charge in [-0.1, -0.05) is 12.7 Å². The second-order valence-corrected chi connectivity index (χ2v) is 6.13. The molecule has 3 rings (SSSR count). The Kier molecular flexibility index (Phi) is 6.54. The summed E-state index contributed by atoms with van der Waals surface area (Å²) in [6.45, 7) is 3.51. The van der Waals surface area contributed by atoms with Gasteiger partial charge in [0.15, 0.2) is 23.7 Å².